The maximum Gasteiger partial charge on any atom is 0.318 e. The van der Waals surface area contributed by atoms with E-state index in [0.717, 1.165) is 23.5 Å². The van der Waals surface area contributed by atoms with Crippen molar-refractivity contribution in [3.63, 3.8) is 0 Å². The first-order chi connectivity index (χ1) is 12.7. The number of anilines is 1. The van der Waals surface area contributed by atoms with Crippen molar-refractivity contribution in [3.05, 3.63) is 29.7 Å². The van der Waals surface area contributed by atoms with E-state index in [4.69, 9.17) is 13.9 Å². The topological polar surface area (TPSA) is 80.9 Å². The predicted molar refractivity (Wildman–Crippen MR) is 93.4 cm³/mol. The molecule has 0 saturated carbocycles. The standard InChI is InChI=1S/C18H22N4O4/c1-2-16-19-20-18(26-16)22-9-7-21(8-10-22)17(23)6-4-13-3-5-14-15(11-13)25-12-24-14/h3,5,11H,2,4,6-10,12H2,1H3. The van der Waals surface area contributed by atoms with Gasteiger partial charge >= 0.3 is 6.01 Å². The molecule has 8 nitrogen and oxygen atoms in total. The van der Waals surface area contributed by atoms with Gasteiger partial charge in [-0.25, -0.2) is 0 Å². The first-order valence-corrected chi connectivity index (χ1v) is 8.96. The van der Waals surface area contributed by atoms with Crippen molar-refractivity contribution in [2.24, 2.45) is 0 Å². The first kappa shape index (κ1) is 16.7. The number of aromatic nitrogens is 2. The van der Waals surface area contributed by atoms with Crippen molar-refractivity contribution in [1.82, 2.24) is 15.1 Å². The highest BCUT2D eigenvalue weighted by molar-refractivity contribution is 5.76. The lowest BCUT2D eigenvalue weighted by Gasteiger charge is -2.33. The molecule has 0 radical (unpaired) electrons. The Morgan fingerprint density at radius 1 is 1.12 bits per heavy atom. The van der Waals surface area contributed by atoms with E-state index in [2.05, 4.69) is 10.2 Å². The Bertz CT molecular complexity index is 783. The summed E-state index contributed by atoms with van der Waals surface area (Å²) >= 11 is 0. The van der Waals surface area contributed by atoms with Crippen molar-refractivity contribution < 1.29 is 18.7 Å². The molecule has 0 spiro atoms. The molecule has 1 aromatic heterocycles. The van der Waals surface area contributed by atoms with Crippen LogP contribution in [-0.4, -0.2) is 54.0 Å². The van der Waals surface area contributed by atoms with Gasteiger partial charge in [-0.1, -0.05) is 18.1 Å². The fourth-order valence-electron chi connectivity index (χ4n) is 3.17. The smallest absolute Gasteiger partial charge is 0.318 e. The third kappa shape index (κ3) is 3.44. The number of ether oxygens (including phenoxy) is 2. The molecule has 0 unspecified atom stereocenters. The number of hydrogen-bond donors (Lipinski definition) is 0. The molecule has 1 aromatic carbocycles. The highest BCUT2D eigenvalue weighted by Gasteiger charge is 2.24. The van der Waals surface area contributed by atoms with E-state index in [9.17, 15) is 4.79 Å². The Labute approximate surface area is 151 Å². The number of rotatable bonds is 5. The maximum absolute atomic E-state index is 12.5. The van der Waals surface area contributed by atoms with Gasteiger partial charge in [-0.2, -0.15) is 0 Å². The Kier molecular flexibility index (Phi) is 4.64. The third-order valence-corrected chi connectivity index (χ3v) is 4.73. The molecule has 0 aliphatic carbocycles. The van der Waals surface area contributed by atoms with Crippen molar-refractivity contribution >= 4 is 11.9 Å². The SMILES string of the molecule is CCc1nnc(N2CCN(C(=O)CCc3ccc4c(c3)OCO4)CC2)o1. The van der Waals surface area contributed by atoms with Crippen molar-refractivity contribution in [3.8, 4) is 11.5 Å². The number of benzene rings is 1. The van der Waals surface area contributed by atoms with Crippen LogP contribution >= 0.6 is 0 Å². The fraction of sp³-hybridized carbons (Fsp3) is 0.500. The molecule has 2 aliphatic heterocycles. The van der Waals surface area contributed by atoms with Gasteiger partial charge in [0, 0.05) is 39.0 Å². The summed E-state index contributed by atoms with van der Waals surface area (Å²) in [7, 11) is 0. The normalized spacial score (nSPS) is 16.2. The molecular formula is C18H22N4O4. The molecular weight excluding hydrogens is 336 g/mol. The van der Waals surface area contributed by atoms with Gasteiger partial charge < -0.3 is 23.7 Å². The van der Waals surface area contributed by atoms with Crippen LogP contribution in [0.5, 0.6) is 11.5 Å². The first-order valence-electron chi connectivity index (χ1n) is 8.96. The van der Waals surface area contributed by atoms with Crippen molar-refractivity contribution in [2.75, 3.05) is 37.9 Å². The molecule has 0 N–H and O–H groups in total. The van der Waals surface area contributed by atoms with Crippen LogP contribution in [0.25, 0.3) is 0 Å². The molecule has 0 atom stereocenters. The van der Waals surface area contributed by atoms with Gasteiger partial charge in [0.05, 0.1) is 0 Å². The summed E-state index contributed by atoms with van der Waals surface area (Å²) in [4.78, 5) is 16.4. The predicted octanol–water partition coefficient (Wildman–Crippen LogP) is 1.64. The largest absolute Gasteiger partial charge is 0.454 e. The van der Waals surface area contributed by atoms with Crippen LogP contribution in [0.3, 0.4) is 0 Å². The number of hydrogen-bond acceptors (Lipinski definition) is 7. The maximum atomic E-state index is 12.5. The summed E-state index contributed by atoms with van der Waals surface area (Å²) in [6, 6.07) is 6.39. The minimum atomic E-state index is 0.169. The van der Waals surface area contributed by atoms with Crippen molar-refractivity contribution in [1.29, 1.82) is 0 Å². The van der Waals surface area contributed by atoms with Gasteiger partial charge in [0.2, 0.25) is 18.6 Å². The summed E-state index contributed by atoms with van der Waals surface area (Å²) in [5.74, 6) is 2.34. The van der Waals surface area contributed by atoms with E-state index < -0.39 is 0 Å². The molecule has 1 saturated heterocycles. The number of carbonyl (C=O) groups excluding carboxylic acids is 1. The van der Waals surface area contributed by atoms with Crippen molar-refractivity contribution in [2.45, 2.75) is 26.2 Å². The van der Waals surface area contributed by atoms with E-state index in [1.165, 1.54) is 0 Å². The number of aryl methyl sites for hydroxylation is 2. The second-order valence-corrected chi connectivity index (χ2v) is 6.39. The third-order valence-electron chi connectivity index (χ3n) is 4.73. The number of piperazine rings is 1. The second-order valence-electron chi connectivity index (χ2n) is 6.39. The molecule has 4 rings (SSSR count). The van der Waals surface area contributed by atoms with Crippen LogP contribution in [0.15, 0.2) is 22.6 Å². The zero-order valence-electron chi connectivity index (χ0n) is 14.8. The number of carbonyl (C=O) groups is 1. The Hall–Kier alpha value is -2.77. The summed E-state index contributed by atoms with van der Waals surface area (Å²) in [6.07, 6.45) is 1.91. The summed E-state index contributed by atoms with van der Waals surface area (Å²) < 4.78 is 16.3. The minimum Gasteiger partial charge on any atom is -0.454 e. The van der Waals surface area contributed by atoms with Gasteiger partial charge in [-0.3, -0.25) is 4.79 Å². The molecule has 8 heteroatoms. The number of nitrogens with zero attached hydrogens (tertiary/aromatic N) is 4. The average Bonchev–Trinajstić information content (AvgIpc) is 3.35. The minimum absolute atomic E-state index is 0.169. The lowest BCUT2D eigenvalue weighted by atomic mass is 10.1. The van der Waals surface area contributed by atoms with E-state index in [0.29, 0.717) is 50.9 Å². The van der Waals surface area contributed by atoms with Crippen LogP contribution in [0.2, 0.25) is 0 Å². The number of amides is 1. The lowest BCUT2D eigenvalue weighted by molar-refractivity contribution is -0.131. The molecule has 1 fully saturated rings. The van der Waals surface area contributed by atoms with E-state index in [-0.39, 0.29) is 12.7 Å². The van der Waals surface area contributed by atoms with Crippen LogP contribution in [0, 0.1) is 0 Å². The molecule has 0 bridgehead atoms. The molecule has 1 amide bonds. The Morgan fingerprint density at radius 3 is 2.69 bits per heavy atom. The van der Waals surface area contributed by atoms with Crippen LogP contribution in [0.1, 0.15) is 24.8 Å². The Balaban J connectivity index is 1.27. The fourth-order valence-corrected chi connectivity index (χ4v) is 3.17. The summed E-state index contributed by atoms with van der Waals surface area (Å²) in [5.41, 5.74) is 1.08. The van der Waals surface area contributed by atoms with Gasteiger partial charge in [-0.05, 0) is 24.1 Å². The second kappa shape index (κ2) is 7.23. The number of fused-ring (bicyclic) bond motifs is 1. The highest BCUT2D eigenvalue weighted by Crippen LogP contribution is 2.32. The zero-order valence-corrected chi connectivity index (χ0v) is 14.8. The monoisotopic (exact) mass is 358 g/mol. The molecule has 2 aliphatic rings. The molecule has 3 heterocycles. The lowest BCUT2D eigenvalue weighted by Crippen LogP contribution is -2.49. The Morgan fingerprint density at radius 2 is 1.92 bits per heavy atom. The van der Waals surface area contributed by atoms with Crippen LogP contribution < -0.4 is 14.4 Å². The van der Waals surface area contributed by atoms with E-state index >= 15 is 0 Å². The van der Waals surface area contributed by atoms with Gasteiger partial charge in [-0.15, -0.1) is 5.10 Å². The van der Waals surface area contributed by atoms with Gasteiger partial charge in [0.25, 0.3) is 0 Å². The van der Waals surface area contributed by atoms with Crippen LogP contribution in [-0.2, 0) is 17.6 Å². The molecule has 138 valence electrons. The van der Waals surface area contributed by atoms with Gasteiger partial charge in [0.1, 0.15) is 0 Å². The van der Waals surface area contributed by atoms with Crippen LogP contribution in [0.4, 0.5) is 6.01 Å². The van der Waals surface area contributed by atoms with E-state index in [1.807, 2.05) is 34.9 Å². The average molecular weight is 358 g/mol. The summed E-state index contributed by atoms with van der Waals surface area (Å²) in [5, 5.41) is 8.06. The molecule has 26 heavy (non-hydrogen) atoms. The summed E-state index contributed by atoms with van der Waals surface area (Å²) in [6.45, 7) is 5.01. The molecule has 2 aromatic rings. The zero-order chi connectivity index (χ0) is 17.9. The highest BCUT2D eigenvalue weighted by atomic mass is 16.7. The quantitative estimate of drug-likeness (QED) is 0.804. The van der Waals surface area contributed by atoms with Gasteiger partial charge in [0.15, 0.2) is 11.5 Å². The van der Waals surface area contributed by atoms with E-state index in [1.54, 1.807) is 0 Å².